The van der Waals surface area contributed by atoms with Crippen molar-refractivity contribution in [2.75, 3.05) is 43.1 Å². The number of carbonyl (C=O) groups is 2. The van der Waals surface area contributed by atoms with Crippen molar-refractivity contribution < 1.29 is 18.7 Å². The van der Waals surface area contributed by atoms with Crippen molar-refractivity contribution in [2.24, 2.45) is 23.2 Å². The zero-order valence-electron chi connectivity index (χ0n) is 19.2. The number of nitrogens with one attached hydrogen (secondary N) is 1. The molecule has 33 heavy (non-hydrogen) atoms. The van der Waals surface area contributed by atoms with Gasteiger partial charge in [0, 0.05) is 25.3 Å². The lowest BCUT2D eigenvalue weighted by molar-refractivity contribution is -0.160. The van der Waals surface area contributed by atoms with Crippen molar-refractivity contribution in [3.05, 3.63) is 24.0 Å². The van der Waals surface area contributed by atoms with E-state index in [1.807, 2.05) is 9.80 Å². The Morgan fingerprint density at radius 1 is 1.00 bits per heavy atom. The lowest BCUT2D eigenvalue weighted by Crippen LogP contribution is -2.56. The van der Waals surface area contributed by atoms with E-state index in [0.29, 0.717) is 68.4 Å². The smallest absolute Gasteiger partial charge is 0.247 e. The van der Waals surface area contributed by atoms with Crippen molar-refractivity contribution >= 4 is 23.2 Å². The highest BCUT2D eigenvalue weighted by atomic mass is 19.1. The molecule has 4 bridgehead atoms. The van der Waals surface area contributed by atoms with Crippen molar-refractivity contribution in [1.82, 2.24) is 4.90 Å². The molecule has 178 valence electrons. The molecule has 1 aromatic rings. The predicted molar refractivity (Wildman–Crippen MR) is 123 cm³/mol. The number of morpholine rings is 1. The third kappa shape index (κ3) is 3.82. The third-order valence-corrected chi connectivity index (χ3v) is 8.88. The maximum Gasteiger partial charge on any atom is 0.247 e. The average molecular weight is 456 g/mol. The Morgan fingerprint density at radius 2 is 1.67 bits per heavy atom. The van der Waals surface area contributed by atoms with Gasteiger partial charge in [0.1, 0.15) is 11.9 Å². The van der Waals surface area contributed by atoms with Gasteiger partial charge in [-0.2, -0.15) is 0 Å². The van der Waals surface area contributed by atoms with Gasteiger partial charge < -0.3 is 19.9 Å². The van der Waals surface area contributed by atoms with E-state index < -0.39 is 6.04 Å². The molecule has 1 unspecified atom stereocenters. The van der Waals surface area contributed by atoms with Gasteiger partial charge in [0.25, 0.3) is 0 Å². The molecule has 4 saturated carbocycles. The second-order valence-electron chi connectivity index (χ2n) is 11.1. The lowest BCUT2D eigenvalue weighted by atomic mass is 9.49. The summed E-state index contributed by atoms with van der Waals surface area (Å²) < 4.78 is 20.1. The summed E-state index contributed by atoms with van der Waals surface area (Å²) in [4.78, 5) is 30.8. The Bertz CT molecular complexity index is 909. The van der Waals surface area contributed by atoms with Crippen molar-refractivity contribution in [1.29, 1.82) is 0 Å². The number of benzene rings is 1. The predicted octanol–water partition coefficient (Wildman–Crippen LogP) is 3.81. The summed E-state index contributed by atoms with van der Waals surface area (Å²) >= 11 is 0. The van der Waals surface area contributed by atoms with E-state index in [-0.39, 0.29) is 23.0 Å². The van der Waals surface area contributed by atoms with Crippen LogP contribution < -0.4 is 10.2 Å². The number of anilines is 2. The number of carbonyl (C=O) groups excluding carboxylic acids is 2. The first-order valence-corrected chi connectivity index (χ1v) is 12.7. The molecule has 4 aliphatic carbocycles. The maximum absolute atomic E-state index is 14.8. The van der Waals surface area contributed by atoms with Crippen LogP contribution in [0.4, 0.5) is 15.8 Å². The van der Waals surface area contributed by atoms with Gasteiger partial charge in [0.05, 0.1) is 24.3 Å². The van der Waals surface area contributed by atoms with E-state index in [1.165, 1.54) is 25.3 Å². The Balaban J connectivity index is 1.15. The van der Waals surface area contributed by atoms with Crippen LogP contribution in [-0.2, 0) is 14.3 Å². The second-order valence-corrected chi connectivity index (χ2v) is 11.1. The van der Waals surface area contributed by atoms with Crippen molar-refractivity contribution in [2.45, 2.75) is 57.4 Å². The van der Waals surface area contributed by atoms with Gasteiger partial charge in [-0.05, 0) is 87.3 Å². The molecule has 2 amide bonds. The summed E-state index contributed by atoms with van der Waals surface area (Å²) in [5, 5.41) is 2.90. The molecule has 2 heterocycles. The fourth-order valence-corrected chi connectivity index (χ4v) is 7.83. The van der Waals surface area contributed by atoms with Crippen LogP contribution in [0.3, 0.4) is 0 Å². The monoisotopic (exact) mass is 455 g/mol. The van der Waals surface area contributed by atoms with Gasteiger partial charge in [0.2, 0.25) is 11.8 Å². The number of amides is 2. The van der Waals surface area contributed by atoms with Crippen LogP contribution in [0.5, 0.6) is 0 Å². The molecule has 2 aliphatic heterocycles. The molecule has 1 N–H and O–H groups in total. The van der Waals surface area contributed by atoms with Gasteiger partial charge in [-0.15, -0.1) is 0 Å². The summed E-state index contributed by atoms with van der Waals surface area (Å²) in [5.41, 5.74) is 0.753. The van der Waals surface area contributed by atoms with Crippen LogP contribution in [0, 0.1) is 29.0 Å². The van der Waals surface area contributed by atoms with Gasteiger partial charge in [0.15, 0.2) is 0 Å². The second kappa shape index (κ2) is 8.26. The summed E-state index contributed by atoms with van der Waals surface area (Å²) in [6.07, 6.45) is 8.44. The molecule has 6 nitrogen and oxygen atoms in total. The minimum absolute atomic E-state index is 0.191. The van der Waals surface area contributed by atoms with Gasteiger partial charge in [-0.25, -0.2) is 4.39 Å². The molecule has 6 fully saturated rings. The van der Waals surface area contributed by atoms with E-state index in [0.717, 1.165) is 25.7 Å². The third-order valence-electron chi connectivity index (χ3n) is 8.88. The van der Waals surface area contributed by atoms with Gasteiger partial charge >= 0.3 is 0 Å². The van der Waals surface area contributed by atoms with E-state index in [4.69, 9.17) is 4.74 Å². The summed E-state index contributed by atoms with van der Waals surface area (Å²) in [7, 11) is 0. The molecule has 7 rings (SSSR count). The van der Waals surface area contributed by atoms with Crippen LogP contribution in [0.25, 0.3) is 0 Å². The van der Waals surface area contributed by atoms with Crippen LogP contribution in [0.2, 0.25) is 0 Å². The number of halogens is 1. The first-order valence-electron chi connectivity index (χ1n) is 12.7. The summed E-state index contributed by atoms with van der Waals surface area (Å²) in [6, 6.07) is 4.42. The quantitative estimate of drug-likeness (QED) is 0.750. The molecular weight excluding hydrogens is 421 g/mol. The van der Waals surface area contributed by atoms with Crippen LogP contribution >= 0.6 is 0 Å². The minimum Gasteiger partial charge on any atom is -0.378 e. The summed E-state index contributed by atoms with van der Waals surface area (Å²) in [6.45, 7) is 3.15. The first kappa shape index (κ1) is 21.4. The Morgan fingerprint density at radius 3 is 2.30 bits per heavy atom. The number of nitrogens with zero attached hydrogens (tertiary/aromatic N) is 2. The molecule has 1 atom stereocenters. The average Bonchev–Trinajstić information content (AvgIpc) is 3.28. The zero-order chi connectivity index (χ0) is 22.6. The molecular formula is C26H34FN3O3. The fourth-order valence-electron chi connectivity index (χ4n) is 7.83. The highest BCUT2D eigenvalue weighted by Gasteiger charge is 2.56. The number of hydrogen-bond acceptors (Lipinski definition) is 4. The number of rotatable bonds is 4. The minimum atomic E-state index is -0.451. The van der Waals surface area contributed by atoms with Gasteiger partial charge in [-0.1, -0.05) is 0 Å². The molecule has 1 aromatic carbocycles. The molecule has 2 saturated heterocycles. The number of ether oxygens (including phenoxy) is 1. The largest absolute Gasteiger partial charge is 0.378 e. The molecule has 0 spiro atoms. The van der Waals surface area contributed by atoms with E-state index in [1.54, 1.807) is 12.1 Å². The first-order chi connectivity index (χ1) is 16.0. The normalized spacial score (nSPS) is 35.2. The molecule has 0 radical (unpaired) electrons. The SMILES string of the molecule is O=C(Nc1ccc(N2CCOCC2)c(F)c1)C1CCCN1C(=O)C12CC3CC(CC(C3)C1)C2. The highest BCUT2D eigenvalue weighted by Crippen LogP contribution is 2.60. The lowest BCUT2D eigenvalue weighted by Gasteiger charge is -2.56. The standard InChI is InChI=1S/C26H34FN3O3/c27-21-13-20(3-4-22(21)29-6-8-33-9-7-29)28-24(31)23-2-1-5-30(23)25(32)26-14-17-10-18(15-26)12-19(11-17)16-26/h3-4,13,17-19,23H,1-2,5-12,14-16H2,(H,28,31). The Kier molecular flexibility index (Phi) is 5.35. The number of likely N-dealkylation sites (tertiary alicyclic amines) is 1. The van der Waals surface area contributed by atoms with Crippen LogP contribution in [0.1, 0.15) is 51.4 Å². The van der Waals surface area contributed by atoms with E-state index >= 15 is 0 Å². The fraction of sp³-hybridized carbons (Fsp3) is 0.692. The topological polar surface area (TPSA) is 61.9 Å². The van der Waals surface area contributed by atoms with Crippen molar-refractivity contribution in [3.8, 4) is 0 Å². The molecule has 0 aromatic heterocycles. The van der Waals surface area contributed by atoms with E-state index in [9.17, 15) is 14.0 Å². The zero-order valence-corrected chi connectivity index (χ0v) is 19.2. The van der Waals surface area contributed by atoms with Crippen LogP contribution in [0.15, 0.2) is 18.2 Å². The Labute approximate surface area is 194 Å². The molecule has 7 heteroatoms. The summed E-state index contributed by atoms with van der Waals surface area (Å²) in [5.74, 6) is 1.77. The van der Waals surface area contributed by atoms with Crippen molar-refractivity contribution in [3.63, 3.8) is 0 Å². The maximum atomic E-state index is 14.8. The highest BCUT2D eigenvalue weighted by molar-refractivity contribution is 5.98. The molecule has 6 aliphatic rings. The Hall–Kier alpha value is -2.15. The van der Waals surface area contributed by atoms with E-state index in [2.05, 4.69) is 5.32 Å². The van der Waals surface area contributed by atoms with Crippen LogP contribution in [-0.4, -0.2) is 55.6 Å². The van der Waals surface area contributed by atoms with Gasteiger partial charge in [-0.3, -0.25) is 9.59 Å². The number of hydrogen-bond donors (Lipinski definition) is 1.